The summed E-state index contributed by atoms with van der Waals surface area (Å²) in [7, 11) is 0. The van der Waals surface area contributed by atoms with Gasteiger partial charge in [-0.1, -0.05) is 37.6 Å². The number of aromatic nitrogens is 2. The lowest BCUT2D eigenvalue weighted by Gasteiger charge is -2.08. The molecule has 90 valence electrons. The Kier molecular flexibility index (Phi) is 3.25. The van der Waals surface area contributed by atoms with Crippen molar-refractivity contribution in [3.8, 4) is 5.69 Å². The van der Waals surface area contributed by atoms with Crippen LogP contribution < -0.4 is 0 Å². The minimum atomic E-state index is 0.549. The van der Waals surface area contributed by atoms with E-state index in [1.54, 1.807) is 0 Å². The van der Waals surface area contributed by atoms with Gasteiger partial charge in [0.2, 0.25) is 0 Å². The van der Waals surface area contributed by atoms with E-state index in [9.17, 15) is 0 Å². The van der Waals surface area contributed by atoms with Gasteiger partial charge in [0.1, 0.15) is 0 Å². The summed E-state index contributed by atoms with van der Waals surface area (Å²) in [6.45, 7) is 8.29. The van der Waals surface area contributed by atoms with E-state index in [2.05, 4.69) is 43.2 Å². The maximum atomic E-state index is 6.15. The van der Waals surface area contributed by atoms with Crippen LogP contribution in [0.2, 0.25) is 5.02 Å². The molecule has 0 aliphatic heterocycles. The summed E-state index contributed by atoms with van der Waals surface area (Å²) >= 11 is 6.15. The Morgan fingerprint density at radius 3 is 2.12 bits per heavy atom. The van der Waals surface area contributed by atoms with E-state index in [0.717, 1.165) is 22.1 Å². The van der Waals surface area contributed by atoms with Crippen molar-refractivity contribution >= 4 is 11.6 Å². The molecule has 0 saturated heterocycles. The molecule has 2 nitrogen and oxygen atoms in total. The van der Waals surface area contributed by atoms with Crippen LogP contribution >= 0.6 is 11.6 Å². The number of benzene rings is 1. The molecular formula is C14H17ClN2. The third kappa shape index (κ3) is 2.22. The molecule has 1 aromatic carbocycles. The first-order chi connectivity index (χ1) is 8.00. The van der Waals surface area contributed by atoms with E-state index in [4.69, 9.17) is 11.6 Å². The lowest BCUT2D eigenvalue weighted by atomic mass is 10.0. The Morgan fingerprint density at radius 1 is 1.12 bits per heavy atom. The second-order valence-corrected chi connectivity index (χ2v) is 5.02. The SMILES string of the molecule is Cc1nn(-c2ccc(C(C)C)cc2)c(C)c1Cl. The molecule has 0 amide bonds. The van der Waals surface area contributed by atoms with Crippen LogP contribution in [0, 0.1) is 13.8 Å². The molecule has 0 bridgehead atoms. The van der Waals surface area contributed by atoms with E-state index in [-0.39, 0.29) is 0 Å². The Bertz CT molecular complexity index is 524. The minimum Gasteiger partial charge on any atom is -0.236 e. The average Bonchev–Trinajstić information content (AvgIpc) is 2.57. The van der Waals surface area contributed by atoms with Crippen LogP contribution in [-0.4, -0.2) is 9.78 Å². The largest absolute Gasteiger partial charge is 0.236 e. The summed E-state index contributed by atoms with van der Waals surface area (Å²) in [4.78, 5) is 0. The quantitative estimate of drug-likeness (QED) is 0.776. The van der Waals surface area contributed by atoms with Crippen molar-refractivity contribution in [2.75, 3.05) is 0 Å². The highest BCUT2D eigenvalue weighted by Crippen LogP contribution is 2.23. The van der Waals surface area contributed by atoms with Gasteiger partial charge in [-0.05, 0) is 37.5 Å². The Labute approximate surface area is 107 Å². The van der Waals surface area contributed by atoms with Gasteiger partial charge in [-0.25, -0.2) is 4.68 Å². The topological polar surface area (TPSA) is 17.8 Å². The lowest BCUT2D eigenvalue weighted by Crippen LogP contribution is -1.99. The van der Waals surface area contributed by atoms with Crippen molar-refractivity contribution < 1.29 is 0 Å². The van der Waals surface area contributed by atoms with E-state index in [0.29, 0.717) is 5.92 Å². The Hall–Kier alpha value is -1.28. The fourth-order valence-electron chi connectivity index (χ4n) is 1.88. The number of rotatable bonds is 2. The normalized spacial score (nSPS) is 11.2. The van der Waals surface area contributed by atoms with Crippen LogP contribution in [-0.2, 0) is 0 Å². The Morgan fingerprint density at radius 2 is 1.71 bits per heavy atom. The third-order valence-corrected chi connectivity index (χ3v) is 3.55. The van der Waals surface area contributed by atoms with Crippen molar-refractivity contribution in [1.82, 2.24) is 9.78 Å². The third-order valence-electron chi connectivity index (χ3n) is 3.01. The number of aryl methyl sites for hydroxylation is 1. The molecule has 0 aliphatic rings. The summed E-state index contributed by atoms with van der Waals surface area (Å²) in [5.74, 6) is 0.549. The molecule has 0 radical (unpaired) electrons. The standard InChI is InChI=1S/C14H17ClN2/c1-9(2)12-5-7-13(8-6-12)17-11(4)14(15)10(3)16-17/h5-9H,1-4H3. The summed E-state index contributed by atoms with van der Waals surface area (Å²) in [6.07, 6.45) is 0. The maximum absolute atomic E-state index is 6.15. The number of nitrogens with zero attached hydrogens (tertiary/aromatic N) is 2. The average molecular weight is 249 g/mol. The van der Waals surface area contributed by atoms with Gasteiger partial charge in [-0.2, -0.15) is 5.10 Å². The van der Waals surface area contributed by atoms with E-state index >= 15 is 0 Å². The molecule has 0 unspecified atom stereocenters. The molecule has 3 heteroatoms. The van der Waals surface area contributed by atoms with Crippen molar-refractivity contribution in [3.63, 3.8) is 0 Å². The lowest BCUT2D eigenvalue weighted by molar-refractivity contribution is 0.826. The highest BCUT2D eigenvalue weighted by molar-refractivity contribution is 6.31. The monoisotopic (exact) mass is 248 g/mol. The summed E-state index contributed by atoms with van der Waals surface area (Å²) in [5.41, 5.74) is 4.25. The second kappa shape index (κ2) is 4.53. The molecule has 0 fully saturated rings. The highest BCUT2D eigenvalue weighted by Gasteiger charge is 2.10. The smallest absolute Gasteiger partial charge is 0.0848 e. The van der Waals surface area contributed by atoms with E-state index < -0.39 is 0 Å². The summed E-state index contributed by atoms with van der Waals surface area (Å²) < 4.78 is 1.89. The first kappa shape index (κ1) is 12.2. The fraction of sp³-hybridized carbons (Fsp3) is 0.357. The van der Waals surface area contributed by atoms with Gasteiger partial charge >= 0.3 is 0 Å². The molecule has 0 N–H and O–H groups in total. The number of hydrogen-bond acceptors (Lipinski definition) is 1. The molecule has 1 heterocycles. The van der Waals surface area contributed by atoms with Crippen molar-refractivity contribution in [3.05, 3.63) is 46.2 Å². The number of halogens is 1. The predicted molar refractivity (Wildman–Crippen MR) is 72.1 cm³/mol. The van der Waals surface area contributed by atoms with Gasteiger partial charge in [0.15, 0.2) is 0 Å². The Balaban J connectivity index is 2.43. The molecule has 1 aromatic heterocycles. The second-order valence-electron chi connectivity index (χ2n) is 4.64. The number of hydrogen-bond donors (Lipinski definition) is 0. The minimum absolute atomic E-state index is 0.549. The molecule has 2 rings (SSSR count). The van der Waals surface area contributed by atoms with Gasteiger partial charge < -0.3 is 0 Å². The van der Waals surface area contributed by atoms with Crippen molar-refractivity contribution in [2.24, 2.45) is 0 Å². The first-order valence-electron chi connectivity index (χ1n) is 5.82. The summed E-state index contributed by atoms with van der Waals surface area (Å²) in [5, 5.41) is 5.19. The molecular weight excluding hydrogens is 232 g/mol. The van der Waals surface area contributed by atoms with Gasteiger partial charge in [-0.3, -0.25) is 0 Å². The zero-order valence-electron chi connectivity index (χ0n) is 10.7. The van der Waals surface area contributed by atoms with Crippen LogP contribution in [0.5, 0.6) is 0 Å². The zero-order chi connectivity index (χ0) is 12.6. The van der Waals surface area contributed by atoms with Gasteiger partial charge in [0.05, 0.1) is 22.1 Å². The summed E-state index contributed by atoms with van der Waals surface area (Å²) in [6, 6.07) is 8.46. The van der Waals surface area contributed by atoms with Crippen molar-refractivity contribution in [2.45, 2.75) is 33.6 Å². The van der Waals surface area contributed by atoms with Crippen molar-refractivity contribution in [1.29, 1.82) is 0 Å². The predicted octanol–water partition coefficient (Wildman–Crippen LogP) is 4.27. The van der Waals surface area contributed by atoms with Crippen LogP contribution in [0.1, 0.15) is 36.7 Å². The zero-order valence-corrected chi connectivity index (χ0v) is 11.4. The fourth-order valence-corrected chi connectivity index (χ4v) is 1.99. The van der Waals surface area contributed by atoms with Crippen LogP contribution in [0.15, 0.2) is 24.3 Å². The molecule has 0 atom stereocenters. The van der Waals surface area contributed by atoms with E-state index in [1.165, 1.54) is 5.56 Å². The van der Waals surface area contributed by atoms with E-state index in [1.807, 2.05) is 18.5 Å². The maximum Gasteiger partial charge on any atom is 0.0848 e. The van der Waals surface area contributed by atoms with Crippen LogP contribution in [0.4, 0.5) is 0 Å². The van der Waals surface area contributed by atoms with Crippen LogP contribution in [0.3, 0.4) is 0 Å². The molecule has 2 aromatic rings. The van der Waals surface area contributed by atoms with Gasteiger partial charge in [-0.15, -0.1) is 0 Å². The highest BCUT2D eigenvalue weighted by atomic mass is 35.5. The molecule has 0 spiro atoms. The molecule has 0 saturated carbocycles. The first-order valence-corrected chi connectivity index (χ1v) is 6.20. The molecule has 17 heavy (non-hydrogen) atoms. The van der Waals surface area contributed by atoms with Gasteiger partial charge in [0.25, 0.3) is 0 Å². The van der Waals surface area contributed by atoms with Gasteiger partial charge in [0, 0.05) is 0 Å². The van der Waals surface area contributed by atoms with Crippen LogP contribution in [0.25, 0.3) is 5.69 Å². The molecule has 0 aliphatic carbocycles.